The molecule has 2 aromatic heterocycles. The van der Waals surface area contributed by atoms with Gasteiger partial charge in [0.1, 0.15) is 17.2 Å². The summed E-state index contributed by atoms with van der Waals surface area (Å²) in [4.78, 5) is 12.6. The zero-order chi connectivity index (χ0) is 18.1. The number of nitrogens with zero attached hydrogens (tertiary/aromatic N) is 3. The molecule has 0 bridgehead atoms. The molecule has 7 nitrogen and oxygen atoms in total. The number of ether oxygens (including phenoxy) is 1. The lowest BCUT2D eigenvalue weighted by Gasteiger charge is -2.07. The lowest BCUT2D eigenvalue weighted by Crippen LogP contribution is -2.25. The van der Waals surface area contributed by atoms with Crippen molar-refractivity contribution in [2.75, 3.05) is 7.11 Å². The predicted octanol–water partition coefficient (Wildman–Crippen LogP) is 3.00. The van der Waals surface area contributed by atoms with E-state index in [9.17, 15) is 4.79 Å². The molecule has 136 valence electrons. The molecule has 0 aliphatic carbocycles. The number of hydrogen-bond donors (Lipinski definition) is 1. The van der Waals surface area contributed by atoms with Crippen molar-refractivity contribution >= 4 is 16.9 Å². The van der Waals surface area contributed by atoms with Gasteiger partial charge in [0.25, 0.3) is 5.91 Å². The van der Waals surface area contributed by atoms with E-state index in [1.807, 2.05) is 25.1 Å². The minimum Gasteiger partial charge on any atom is -0.497 e. The van der Waals surface area contributed by atoms with Crippen molar-refractivity contribution in [1.82, 2.24) is 20.1 Å². The van der Waals surface area contributed by atoms with Crippen LogP contribution in [0.4, 0.5) is 0 Å². The Morgan fingerprint density at radius 2 is 2.19 bits per heavy atom. The summed E-state index contributed by atoms with van der Waals surface area (Å²) in [6, 6.07) is 5.51. The van der Waals surface area contributed by atoms with Crippen LogP contribution in [0.3, 0.4) is 0 Å². The smallest absolute Gasteiger partial charge is 0.287 e. The molecule has 1 aliphatic rings. The van der Waals surface area contributed by atoms with E-state index in [4.69, 9.17) is 9.15 Å². The van der Waals surface area contributed by atoms with Crippen molar-refractivity contribution in [3.63, 3.8) is 0 Å². The number of benzene rings is 1. The molecule has 1 aromatic carbocycles. The topological polar surface area (TPSA) is 82.2 Å². The fraction of sp³-hybridized carbons (Fsp3) is 0.421. The van der Waals surface area contributed by atoms with Gasteiger partial charge in [-0.2, -0.15) is 0 Å². The Morgan fingerprint density at radius 3 is 3.04 bits per heavy atom. The molecule has 3 heterocycles. The van der Waals surface area contributed by atoms with Gasteiger partial charge in [0.15, 0.2) is 11.6 Å². The van der Waals surface area contributed by atoms with Gasteiger partial charge in [-0.25, -0.2) is 0 Å². The first-order valence-electron chi connectivity index (χ1n) is 8.93. The van der Waals surface area contributed by atoms with Gasteiger partial charge in [-0.1, -0.05) is 6.42 Å². The van der Waals surface area contributed by atoms with Crippen molar-refractivity contribution in [3.05, 3.63) is 41.2 Å². The molecule has 0 saturated carbocycles. The lowest BCUT2D eigenvalue weighted by molar-refractivity contribution is 0.0923. The van der Waals surface area contributed by atoms with E-state index in [0.29, 0.717) is 17.9 Å². The predicted molar refractivity (Wildman–Crippen MR) is 96.3 cm³/mol. The number of rotatable bonds is 4. The zero-order valence-electron chi connectivity index (χ0n) is 15.0. The van der Waals surface area contributed by atoms with Gasteiger partial charge in [-0.05, 0) is 38.0 Å². The number of aryl methyl sites for hydroxylation is 2. The number of hydrogen-bond acceptors (Lipinski definition) is 5. The number of nitrogens with one attached hydrogen (secondary N) is 1. The minimum absolute atomic E-state index is 0.247. The maximum atomic E-state index is 12.6. The van der Waals surface area contributed by atoms with Gasteiger partial charge in [-0.3, -0.25) is 4.79 Å². The molecule has 0 atom stereocenters. The highest BCUT2D eigenvalue weighted by Gasteiger charge is 2.20. The van der Waals surface area contributed by atoms with Gasteiger partial charge < -0.3 is 19.0 Å². The summed E-state index contributed by atoms with van der Waals surface area (Å²) in [6.07, 6.45) is 4.42. The van der Waals surface area contributed by atoms with Crippen LogP contribution in [0, 0.1) is 6.92 Å². The van der Waals surface area contributed by atoms with E-state index in [2.05, 4.69) is 20.1 Å². The number of fused-ring (bicyclic) bond motifs is 2. The molecule has 4 rings (SSSR count). The zero-order valence-corrected chi connectivity index (χ0v) is 15.0. The second-order valence-corrected chi connectivity index (χ2v) is 6.60. The Bertz CT molecular complexity index is 957. The number of aromatic nitrogens is 3. The second-order valence-electron chi connectivity index (χ2n) is 6.60. The molecule has 0 saturated heterocycles. The van der Waals surface area contributed by atoms with Crippen molar-refractivity contribution in [2.45, 2.75) is 45.7 Å². The molecule has 26 heavy (non-hydrogen) atoms. The molecular weight excluding hydrogens is 332 g/mol. The van der Waals surface area contributed by atoms with E-state index < -0.39 is 0 Å². The third-order valence-electron chi connectivity index (χ3n) is 4.94. The highest BCUT2D eigenvalue weighted by atomic mass is 16.5. The fourth-order valence-electron chi connectivity index (χ4n) is 3.46. The first kappa shape index (κ1) is 16.6. The Kier molecular flexibility index (Phi) is 4.36. The van der Waals surface area contributed by atoms with Crippen LogP contribution >= 0.6 is 0 Å². The van der Waals surface area contributed by atoms with Crippen molar-refractivity contribution in [1.29, 1.82) is 0 Å². The number of carbonyl (C=O) groups is 1. The Balaban J connectivity index is 1.53. The number of carbonyl (C=O) groups excluding carboxylic acids is 1. The quantitative estimate of drug-likeness (QED) is 0.779. The number of furan rings is 1. The van der Waals surface area contributed by atoms with Crippen LogP contribution in [0.25, 0.3) is 11.0 Å². The average molecular weight is 354 g/mol. The third kappa shape index (κ3) is 2.94. The maximum Gasteiger partial charge on any atom is 0.287 e. The van der Waals surface area contributed by atoms with E-state index >= 15 is 0 Å². The second kappa shape index (κ2) is 6.82. The highest BCUT2D eigenvalue weighted by Crippen LogP contribution is 2.28. The molecule has 1 amide bonds. The van der Waals surface area contributed by atoms with Gasteiger partial charge in [0, 0.05) is 23.9 Å². The molecular formula is C19H22N4O3. The van der Waals surface area contributed by atoms with Crippen molar-refractivity contribution in [3.8, 4) is 5.75 Å². The standard InChI is InChI=1S/C19H22N4O3/c1-12-14-10-13(25-2)7-8-15(14)26-18(12)19(24)20-11-17-22-21-16-6-4-3-5-9-23(16)17/h7-8,10H,3-6,9,11H2,1-2H3,(H,20,24). The van der Waals surface area contributed by atoms with Crippen LogP contribution in [0.1, 0.15) is 47.0 Å². The average Bonchev–Trinajstić information content (AvgIpc) is 3.10. The van der Waals surface area contributed by atoms with Crippen LogP contribution in [-0.2, 0) is 19.5 Å². The van der Waals surface area contributed by atoms with Gasteiger partial charge >= 0.3 is 0 Å². The lowest BCUT2D eigenvalue weighted by atomic mass is 10.1. The summed E-state index contributed by atoms with van der Waals surface area (Å²) in [5.74, 6) is 2.62. The van der Waals surface area contributed by atoms with Crippen molar-refractivity contribution < 1.29 is 13.9 Å². The summed E-state index contributed by atoms with van der Waals surface area (Å²) in [7, 11) is 1.62. The molecule has 7 heteroatoms. The monoisotopic (exact) mass is 354 g/mol. The van der Waals surface area contributed by atoms with Crippen LogP contribution in [0.15, 0.2) is 22.6 Å². The Labute approximate surface area is 151 Å². The molecule has 0 spiro atoms. The molecule has 0 fully saturated rings. The number of amides is 1. The molecule has 1 aliphatic heterocycles. The Morgan fingerprint density at radius 1 is 1.31 bits per heavy atom. The third-order valence-corrected chi connectivity index (χ3v) is 4.94. The van der Waals surface area contributed by atoms with Gasteiger partial charge in [0.2, 0.25) is 0 Å². The SMILES string of the molecule is COc1ccc2oc(C(=O)NCc3nnc4n3CCCCC4)c(C)c2c1. The van der Waals surface area contributed by atoms with Gasteiger partial charge in [0.05, 0.1) is 13.7 Å². The van der Waals surface area contributed by atoms with Crippen LogP contribution in [-0.4, -0.2) is 27.8 Å². The highest BCUT2D eigenvalue weighted by molar-refractivity contribution is 5.99. The van der Waals surface area contributed by atoms with Crippen molar-refractivity contribution in [2.24, 2.45) is 0 Å². The largest absolute Gasteiger partial charge is 0.497 e. The van der Waals surface area contributed by atoms with Crippen LogP contribution in [0.2, 0.25) is 0 Å². The molecule has 1 N–H and O–H groups in total. The first-order valence-corrected chi connectivity index (χ1v) is 8.93. The summed E-state index contributed by atoms with van der Waals surface area (Å²) >= 11 is 0. The summed E-state index contributed by atoms with van der Waals surface area (Å²) in [5.41, 5.74) is 1.47. The minimum atomic E-state index is -0.247. The number of methoxy groups -OCH3 is 1. The van der Waals surface area contributed by atoms with E-state index in [0.717, 1.165) is 54.2 Å². The van der Waals surface area contributed by atoms with Crippen LogP contribution < -0.4 is 10.1 Å². The van der Waals surface area contributed by atoms with Gasteiger partial charge in [-0.15, -0.1) is 10.2 Å². The summed E-state index contributed by atoms with van der Waals surface area (Å²) in [6.45, 7) is 3.13. The molecule has 3 aromatic rings. The maximum absolute atomic E-state index is 12.6. The summed E-state index contributed by atoms with van der Waals surface area (Å²) in [5, 5.41) is 12.3. The van der Waals surface area contributed by atoms with E-state index in [1.54, 1.807) is 7.11 Å². The first-order chi connectivity index (χ1) is 12.7. The van der Waals surface area contributed by atoms with E-state index in [1.165, 1.54) is 6.42 Å². The van der Waals surface area contributed by atoms with E-state index in [-0.39, 0.29) is 5.91 Å². The summed E-state index contributed by atoms with van der Waals surface area (Å²) < 4.78 is 13.1. The molecule has 0 radical (unpaired) electrons. The van der Waals surface area contributed by atoms with Crippen LogP contribution in [0.5, 0.6) is 5.75 Å². The molecule has 0 unspecified atom stereocenters. The normalized spacial score (nSPS) is 14.1. The fourth-order valence-corrected chi connectivity index (χ4v) is 3.46. The Hall–Kier alpha value is -2.83.